The summed E-state index contributed by atoms with van der Waals surface area (Å²) in [5, 5.41) is 11.3. The standard InChI is InChI=1S/C16H21N3O2S/c1-11-14(18-10-17-11)8-19(6-7-20)16(21)13-9-22-15-5-3-2-4-12(13)15/h9-10,20H,2-8H2,1H3,(H,17,18). The number of imidazole rings is 1. The molecule has 22 heavy (non-hydrogen) atoms. The fraction of sp³-hybridized carbons (Fsp3) is 0.500. The zero-order valence-corrected chi connectivity index (χ0v) is 13.6. The first-order chi connectivity index (χ1) is 10.7. The number of aliphatic hydroxyl groups is 1. The second kappa shape index (κ2) is 6.62. The SMILES string of the molecule is Cc1[nH]cnc1CN(CCO)C(=O)c1csc2c1CCCC2. The summed E-state index contributed by atoms with van der Waals surface area (Å²) >= 11 is 1.70. The number of aromatic nitrogens is 2. The zero-order valence-electron chi connectivity index (χ0n) is 12.8. The Hall–Kier alpha value is -1.66. The maximum Gasteiger partial charge on any atom is 0.255 e. The van der Waals surface area contributed by atoms with Gasteiger partial charge in [-0.2, -0.15) is 0 Å². The van der Waals surface area contributed by atoms with E-state index in [-0.39, 0.29) is 12.5 Å². The maximum atomic E-state index is 12.9. The van der Waals surface area contributed by atoms with Crippen molar-refractivity contribution in [1.29, 1.82) is 0 Å². The number of fused-ring (bicyclic) bond motifs is 1. The van der Waals surface area contributed by atoms with Gasteiger partial charge in [-0.25, -0.2) is 4.98 Å². The molecule has 0 spiro atoms. The number of aliphatic hydroxyl groups excluding tert-OH is 1. The van der Waals surface area contributed by atoms with Gasteiger partial charge in [-0.05, 0) is 38.2 Å². The van der Waals surface area contributed by atoms with Crippen LogP contribution in [0.15, 0.2) is 11.7 Å². The number of carbonyl (C=O) groups excluding carboxylic acids is 1. The van der Waals surface area contributed by atoms with E-state index < -0.39 is 0 Å². The van der Waals surface area contributed by atoms with Crippen molar-refractivity contribution in [2.45, 2.75) is 39.2 Å². The highest BCUT2D eigenvalue weighted by Gasteiger charge is 2.24. The van der Waals surface area contributed by atoms with Crippen LogP contribution in [-0.2, 0) is 19.4 Å². The number of nitrogens with zero attached hydrogens (tertiary/aromatic N) is 2. The second-order valence-electron chi connectivity index (χ2n) is 5.68. The molecule has 1 aliphatic carbocycles. The van der Waals surface area contributed by atoms with E-state index >= 15 is 0 Å². The van der Waals surface area contributed by atoms with Gasteiger partial charge in [0.2, 0.25) is 0 Å². The van der Waals surface area contributed by atoms with Crippen molar-refractivity contribution in [3.8, 4) is 0 Å². The molecule has 0 bridgehead atoms. The number of nitrogens with one attached hydrogen (secondary N) is 1. The number of rotatable bonds is 5. The van der Waals surface area contributed by atoms with Crippen LogP contribution in [0.3, 0.4) is 0 Å². The molecule has 0 saturated carbocycles. The quantitative estimate of drug-likeness (QED) is 0.888. The fourth-order valence-electron chi connectivity index (χ4n) is 2.94. The summed E-state index contributed by atoms with van der Waals surface area (Å²) in [7, 11) is 0. The summed E-state index contributed by atoms with van der Waals surface area (Å²) in [6.07, 6.45) is 6.09. The summed E-state index contributed by atoms with van der Waals surface area (Å²) in [5.41, 5.74) is 3.86. The highest BCUT2D eigenvalue weighted by Crippen LogP contribution is 2.31. The monoisotopic (exact) mass is 319 g/mol. The Morgan fingerprint density at radius 3 is 3.00 bits per heavy atom. The minimum Gasteiger partial charge on any atom is -0.395 e. The molecule has 0 aromatic carbocycles. The van der Waals surface area contributed by atoms with Crippen LogP contribution in [-0.4, -0.2) is 39.0 Å². The van der Waals surface area contributed by atoms with Gasteiger partial charge < -0.3 is 15.0 Å². The number of amides is 1. The molecule has 0 saturated heterocycles. The van der Waals surface area contributed by atoms with Crippen LogP contribution in [0.5, 0.6) is 0 Å². The van der Waals surface area contributed by atoms with E-state index in [9.17, 15) is 9.90 Å². The summed E-state index contributed by atoms with van der Waals surface area (Å²) in [6, 6.07) is 0. The lowest BCUT2D eigenvalue weighted by Gasteiger charge is -2.22. The normalized spacial score (nSPS) is 13.9. The van der Waals surface area contributed by atoms with Crippen molar-refractivity contribution in [3.63, 3.8) is 0 Å². The minimum absolute atomic E-state index is 0.0100. The zero-order chi connectivity index (χ0) is 15.5. The molecule has 2 aromatic heterocycles. The predicted octanol–water partition coefficient (Wildman–Crippen LogP) is 2.29. The number of H-pyrrole nitrogens is 1. The van der Waals surface area contributed by atoms with Crippen LogP contribution in [0.2, 0.25) is 0 Å². The summed E-state index contributed by atoms with van der Waals surface area (Å²) in [5.74, 6) is 0.0100. The number of aryl methyl sites for hydroxylation is 2. The average Bonchev–Trinajstić information content (AvgIpc) is 3.13. The molecule has 0 fully saturated rings. The first-order valence-corrected chi connectivity index (χ1v) is 8.57. The Balaban J connectivity index is 1.83. The van der Waals surface area contributed by atoms with E-state index in [4.69, 9.17) is 0 Å². The lowest BCUT2D eigenvalue weighted by molar-refractivity contribution is 0.0704. The third-order valence-electron chi connectivity index (χ3n) is 4.22. The van der Waals surface area contributed by atoms with E-state index in [2.05, 4.69) is 9.97 Å². The Bertz CT molecular complexity index is 662. The number of aromatic amines is 1. The molecule has 2 heterocycles. The number of carbonyl (C=O) groups is 1. The van der Waals surface area contributed by atoms with E-state index in [0.717, 1.165) is 36.2 Å². The molecule has 0 unspecified atom stereocenters. The number of hydrogen-bond donors (Lipinski definition) is 2. The molecule has 2 aromatic rings. The van der Waals surface area contributed by atoms with E-state index in [1.54, 1.807) is 22.6 Å². The lowest BCUT2D eigenvalue weighted by Crippen LogP contribution is -2.34. The van der Waals surface area contributed by atoms with Crippen molar-refractivity contribution < 1.29 is 9.90 Å². The van der Waals surface area contributed by atoms with Crippen LogP contribution in [0.25, 0.3) is 0 Å². The first-order valence-electron chi connectivity index (χ1n) is 7.69. The number of hydrogen-bond acceptors (Lipinski definition) is 4. The topological polar surface area (TPSA) is 69.2 Å². The van der Waals surface area contributed by atoms with Gasteiger partial charge in [0.05, 0.1) is 30.7 Å². The van der Waals surface area contributed by atoms with Crippen LogP contribution >= 0.6 is 11.3 Å². The van der Waals surface area contributed by atoms with Gasteiger partial charge in [-0.1, -0.05) is 0 Å². The average molecular weight is 319 g/mol. The van der Waals surface area contributed by atoms with Gasteiger partial charge in [0.25, 0.3) is 5.91 Å². The van der Waals surface area contributed by atoms with Crippen LogP contribution in [0.4, 0.5) is 0 Å². The molecular formula is C16H21N3O2S. The molecule has 0 aliphatic heterocycles. The van der Waals surface area contributed by atoms with Crippen molar-refractivity contribution in [2.24, 2.45) is 0 Å². The summed E-state index contributed by atoms with van der Waals surface area (Å²) in [4.78, 5) is 23.2. The van der Waals surface area contributed by atoms with Crippen molar-refractivity contribution in [2.75, 3.05) is 13.2 Å². The largest absolute Gasteiger partial charge is 0.395 e. The summed E-state index contributed by atoms with van der Waals surface area (Å²) in [6.45, 7) is 2.66. The highest BCUT2D eigenvalue weighted by atomic mass is 32.1. The van der Waals surface area contributed by atoms with Crippen LogP contribution < -0.4 is 0 Å². The van der Waals surface area contributed by atoms with Crippen molar-refractivity contribution in [3.05, 3.63) is 39.1 Å². The van der Waals surface area contributed by atoms with Gasteiger partial charge in [-0.3, -0.25) is 4.79 Å². The number of thiophene rings is 1. The predicted molar refractivity (Wildman–Crippen MR) is 86.1 cm³/mol. The van der Waals surface area contributed by atoms with Gasteiger partial charge in [-0.15, -0.1) is 11.3 Å². The molecule has 2 N–H and O–H groups in total. The lowest BCUT2D eigenvalue weighted by atomic mass is 9.95. The molecule has 0 radical (unpaired) electrons. The van der Waals surface area contributed by atoms with Gasteiger partial charge in [0.1, 0.15) is 0 Å². The van der Waals surface area contributed by atoms with Crippen molar-refractivity contribution >= 4 is 17.2 Å². The maximum absolute atomic E-state index is 12.9. The Kier molecular flexibility index (Phi) is 4.59. The highest BCUT2D eigenvalue weighted by molar-refractivity contribution is 7.10. The molecule has 1 amide bonds. The molecule has 118 valence electrons. The molecule has 3 rings (SSSR count). The van der Waals surface area contributed by atoms with Crippen LogP contribution in [0, 0.1) is 6.92 Å². The third kappa shape index (κ3) is 2.94. The fourth-order valence-corrected chi connectivity index (χ4v) is 4.06. The van der Waals surface area contributed by atoms with Gasteiger partial charge in [0.15, 0.2) is 0 Å². The third-order valence-corrected chi connectivity index (χ3v) is 5.31. The van der Waals surface area contributed by atoms with Gasteiger partial charge in [0, 0.05) is 22.5 Å². The molecule has 5 nitrogen and oxygen atoms in total. The molecule has 1 aliphatic rings. The smallest absolute Gasteiger partial charge is 0.255 e. The Morgan fingerprint density at radius 1 is 1.45 bits per heavy atom. The van der Waals surface area contributed by atoms with Crippen molar-refractivity contribution in [1.82, 2.24) is 14.9 Å². The Labute approximate surface area is 134 Å². The Morgan fingerprint density at radius 2 is 2.27 bits per heavy atom. The second-order valence-corrected chi connectivity index (χ2v) is 6.65. The molecule has 0 atom stereocenters. The summed E-state index contributed by atoms with van der Waals surface area (Å²) < 4.78 is 0. The van der Waals surface area contributed by atoms with Crippen LogP contribution in [0.1, 0.15) is 45.0 Å². The van der Waals surface area contributed by atoms with Gasteiger partial charge >= 0.3 is 0 Å². The first kappa shape index (κ1) is 15.2. The minimum atomic E-state index is -0.0401. The molecular weight excluding hydrogens is 298 g/mol. The van der Waals surface area contributed by atoms with E-state index in [1.165, 1.54) is 16.9 Å². The van der Waals surface area contributed by atoms with E-state index in [1.807, 2.05) is 12.3 Å². The van der Waals surface area contributed by atoms with E-state index in [0.29, 0.717) is 13.1 Å². The molecule has 6 heteroatoms.